The van der Waals surface area contributed by atoms with E-state index in [2.05, 4.69) is 5.32 Å². The number of methoxy groups -OCH3 is 1. The maximum Gasteiger partial charge on any atom is 0.407 e. The van der Waals surface area contributed by atoms with E-state index >= 15 is 0 Å². The van der Waals surface area contributed by atoms with Crippen LogP contribution in [0.5, 0.6) is 5.75 Å². The van der Waals surface area contributed by atoms with E-state index in [9.17, 15) is 4.79 Å². The predicted octanol–water partition coefficient (Wildman–Crippen LogP) is 2.04. The highest BCUT2D eigenvalue weighted by molar-refractivity contribution is 5.67. The maximum absolute atomic E-state index is 11.3. The van der Waals surface area contributed by atoms with Crippen LogP contribution in [0, 0.1) is 0 Å². The fourth-order valence-corrected chi connectivity index (χ4v) is 1.79. The Kier molecular flexibility index (Phi) is 6.15. The highest BCUT2D eigenvalue weighted by Crippen LogP contribution is 2.20. The van der Waals surface area contributed by atoms with Gasteiger partial charge in [0.15, 0.2) is 0 Å². The molecule has 1 atom stereocenters. The fraction of sp³-hybridized carbons (Fsp3) is 0.500. The van der Waals surface area contributed by atoms with Gasteiger partial charge in [-0.05, 0) is 38.7 Å². The van der Waals surface area contributed by atoms with Crippen LogP contribution in [-0.4, -0.2) is 45.3 Å². The number of nitrogens with one attached hydrogen (secondary N) is 1. The first-order valence-corrected chi connectivity index (χ1v) is 6.29. The van der Waals surface area contributed by atoms with Crippen molar-refractivity contribution in [3.63, 3.8) is 0 Å². The molecule has 19 heavy (non-hydrogen) atoms. The third kappa shape index (κ3) is 4.79. The zero-order chi connectivity index (χ0) is 14.3. The summed E-state index contributed by atoms with van der Waals surface area (Å²) in [4.78, 5) is 13.4. The Morgan fingerprint density at radius 2 is 1.95 bits per heavy atom. The van der Waals surface area contributed by atoms with Crippen molar-refractivity contribution in [2.45, 2.75) is 13.0 Å². The molecule has 1 aromatic carbocycles. The van der Waals surface area contributed by atoms with E-state index in [1.165, 1.54) is 0 Å². The standard InChI is InChI=1S/C14H22N2O3/c1-5-19-14(17)15-10-13(16(2)3)11-6-8-12(18-4)9-7-11/h6-9,13H,5,10H2,1-4H3,(H,15,17). The summed E-state index contributed by atoms with van der Waals surface area (Å²) in [5.41, 5.74) is 1.11. The molecule has 1 amide bonds. The minimum atomic E-state index is -0.386. The van der Waals surface area contributed by atoms with E-state index in [4.69, 9.17) is 9.47 Å². The molecule has 0 fully saturated rings. The number of hydrogen-bond donors (Lipinski definition) is 1. The van der Waals surface area contributed by atoms with Crippen LogP contribution >= 0.6 is 0 Å². The Bertz CT molecular complexity index is 390. The normalized spacial score (nSPS) is 12.1. The van der Waals surface area contributed by atoms with Gasteiger partial charge in [-0.25, -0.2) is 4.79 Å². The molecule has 1 N–H and O–H groups in total. The van der Waals surface area contributed by atoms with Crippen LogP contribution in [0.4, 0.5) is 4.79 Å². The quantitative estimate of drug-likeness (QED) is 0.856. The van der Waals surface area contributed by atoms with Gasteiger partial charge in [0.05, 0.1) is 19.8 Å². The zero-order valence-corrected chi connectivity index (χ0v) is 12.0. The van der Waals surface area contributed by atoms with E-state index in [0.29, 0.717) is 13.2 Å². The molecule has 1 aromatic rings. The molecule has 0 heterocycles. The largest absolute Gasteiger partial charge is 0.497 e. The average molecular weight is 266 g/mol. The van der Waals surface area contributed by atoms with E-state index in [0.717, 1.165) is 11.3 Å². The van der Waals surface area contributed by atoms with Gasteiger partial charge in [0.25, 0.3) is 0 Å². The van der Waals surface area contributed by atoms with Crippen molar-refractivity contribution in [3.05, 3.63) is 29.8 Å². The molecule has 5 heteroatoms. The van der Waals surface area contributed by atoms with Crippen LogP contribution in [0.2, 0.25) is 0 Å². The number of ether oxygens (including phenoxy) is 2. The fourth-order valence-electron chi connectivity index (χ4n) is 1.79. The lowest BCUT2D eigenvalue weighted by molar-refractivity contribution is 0.148. The molecule has 1 rings (SSSR count). The summed E-state index contributed by atoms with van der Waals surface area (Å²) < 4.78 is 9.99. The molecule has 0 spiro atoms. The third-order valence-corrected chi connectivity index (χ3v) is 2.84. The number of amides is 1. The zero-order valence-electron chi connectivity index (χ0n) is 12.0. The van der Waals surface area contributed by atoms with Crippen LogP contribution in [-0.2, 0) is 4.74 Å². The van der Waals surface area contributed by atoms with Crippen molar-refractivity contribution in [3.8, 4) is 5.75 Å². The predicted molar refractivity (Wildman–Crippen MR) is 74.4 cm³/mol. The minimum Gasteiger partial charge on any atom is -0.497 e. The molecule has 106 valence electrons. The van der Waals surface area contributed by atoms with Gasteiger partial charge in [-0.3, -0.25) is 0 Å². The lowest BCUT2D eigenvalue weighted by Gasteiger charge is -2.25. The van der Waals surface area contributed by atoms with Gasteiger partial charge in [0.2, 0.25) is 0 Å². The lowest BCUT2D eigenvalue weighted by Crippen LogP contribution is -2.34. The molecular weight excluding hydrogens is 244 g/mol. The monoisotopic (exact) mass is 266 g/mol. The summed E-state index contributed by atoms with van der Waals surface area (Å²) in [6.07, 6.45) is -0.386. The molecule has 0 aliphatic heterocycles. The highest BCUT2D eigenvalue weighted by Gasteiger charge is 2.15. The third-order valence-electron chi connectivity index (χ3n) is 2.84. The number of alkyl carbamates (subject to hydrolysis) is 1. The number of benzene rings is 1. The van der Waals surface area contributed by atoms with E-state index in [1.807, 2.05) is 43.3 Å². The van der Waals surface area contributed by atoms with Crippen molar-refractivity contribution in [1.82, 2.24) is 10.2 Å². The Morgan fingerprint density at radius 3 is 2.42 bits per heavy atom. The average Bonchev–Trinajstić information content (AvgIpc) is 2.39. The molecule has 0 aliphatic rings. The Balaban J connectivity index is 2.68. The first-order valence-electron chi connectivity index (χ1n) is 6.29. The first-order chi connectivity index (χ1) is 9.08. The topological polar surface area (TPSA) is 50.8 Å². The Labute approximate surface area is 114 Å². The maximum atomic E-state index is 11.3. The minimum absolute atomic E-state index is 0.0929. The second-order valence-electron chi connectivity index (χ2n) is 4.35. The van der Waals surface area contributed by atoms with Gasteiger partial charge >= 0.3 is 6.09 Å². The van der Waals surface area contributed by atoms with Crippen molar-refractivity contribution in [1.29, 1.82) is 0 Å². The van der Waals surface area contributed by atoms with Crippen molar-refractivity contribution in [2.75, 3.05) is 34.4 Å². The van der Waals surface area contributed by atoms with E-state index in [1.54, 1.807) is 14.0 Å². The van der Waals surface area contributed by atoms with Crippen LogP contribution in [0.25, 0.3) is 0 Å². The van der Waals surface area contributed by atoms with Crippen LogP contribution in [0.3, 0.4) is 0 Å². The van der Waals surface area contributed by atoms with Crippen LogP contribution in [0.15, 0.2) is 24.3 Å². The molecule has 0 radical (unpaired) electrons. The van der Waals surface area contributed by atoms with Gasteiger partial charge in [0.1, 0.15) is 5.75 Å². The van der Waals surface area contributed by atoms with Crippen LogP contribution in [0.1, 0.15) is 18.5 Å². The second kappa shape index (κ2) is 7.63. The summed E-state index contributed by atoms with van der Waals surface area (Å²) in [5, 5.41) is 2.76. The first kappa shape index (κ1) is 15.3. The number of nitrogens with zero attached hydrogens (tertiary/aromatic N) is 1. The molecule has 0 bridgehead atoms. The van der Waals surface area contributed by atoms with Crippen molar-refractivity contribution < 1.29 is 14.3 Å². The highest BCUT2D eigenvalue weighted by atomic mass is 16.5. The molecule has 5 nitrogen and oxygen atoms in total. The van der Waals surface area contributed by atoms with Gasteiger partial charge in [-0.15, -0.1) is 0 Å². The van der Waals surface area contributed by atoms with E-state index in [-0.39, 0.29) is 12.1 Å². The lowest BCUT2D eigenvalue weighted by atomic mass is 10.1. The van der Waals surface area contributed by atoms with Gasteiger partial charge in [0, 0.05) is 6.54 Å². The van der Waals surface area contributed by atoms with Crippen molar-refractivity contribution in [2.24, 2.45) is 0 Å². The van der Waals surface area contributed by atoms with Gasteiger partial charge < -0.3 is 19.7 Å². The molecule has 0 saturated carbocycles. The smallest absolute Gasteiger partial charge is 0.407 e. The number of likely N-dealkylation sites (N-methyl/N-ethyl adjacent to an activating group) is 1. The van der Waals surface area contributed by atoms with Crippen LogP contribution < -0.4 is 10.1 Å². The summed E-state index contributed by atoms with van der Waals surface area (Å²) in [5.74, 6) is 0.819. The summed E-state index contributed by atoms with van der Waals surface area (Å²) in [6.45, 7) is 2.66. The number of hydrogen-bond acceptors (Lipinski definition) is 4. The molecule has 0 aromatic heterocycles. The number of rotatable bonds is 6. The second-order valence-corrected chi connectivity index (χ2v) is 4.35. The van der Waals surface area contributed by atoms with E-state index < -0.39 is 0 Å². The number of carbonyl (C=O) groups excluding carboxylic acids is 1. The SMILES string of the molecule is CCOC(=O)NCC(c1ccc(OC)cc1)N(C)C. The Hall–Kier alpha value is -1.75. The van der Waals surface area contributed by atoms with Gasteiger partial charge in [-0.2, -0.15) is 0 Å². The molecular formula is C14H22N2O3. The molecule has 1 unspecified atom stereocenters. The summed E-state index contributed by atoms with van der Waals surface area (Å²) in [6, 6.07) is 7.91. The Morgan fingerprint density at radius 1 is 1.32 bits per heavy atom. The summed E-state index contributed by atoms with van der Waals surface area (Å²) >= 11 is 0. The van der Waals surface area contributed by atoms with Crippen molar-refractivity contribution >= 4 is 6.09 Å². The summed E-state index contributed by atoms with van der Waals surface area (Å²) in [7, 11) is 5.59. The van der Waals surface area contributed by atoms with Gasteiger partial charge in [-0.1, -0.05) is 12.1 Å². The molecule has 0 saturated heterocycles. The molecule has 0 aliphatic carbocycles. The number of carbonyl (C=O) groups is 1.